The maximum absolute atomic E-state index is 8.89. The molecule has 0 unspecified atom stereocenters. The van der Waals surface area contributed by atoms with Gasteiger partial charge in [0, 0.05) is 0 Å². The van der Waals surface area contributed by atoms with E-state index in [0.29, 0.717) is 0 Å². The van der Waals surface area contributed by atoms with Crippen LogP contribution in [0.15, 0.2) is 0 Å². The first-order chi connectivity index (χ1) is 2.00. The van der Waals surface area contributed by atoms with Crippen LogP contribution in [0.2, 0.25) is 0 Å². The molecule has 0 aliphatic carbocycles. The largest absolute Gasteiger partial charge is 2.00 e. The second-order valence-corrected chi connectivity index (χ2v) is 2.45. The first-order valence-corrected chi connectivity index (χ1v) is 3.00. The van der Waals surface area contributed by atoms with Gasteiger partial charge in [0.15, 0.2) is 0 Å². The zero-order valence-electron chi connectivity index (χ0n) is 3.06. The summed E-state index contributed by atoms with van der Waals surface area (Å²) in [4.78, 5) is 0. The van der Waals surface area contributed by atoms with Crippen molar-refractivity contribution in [1.82, 2.24) is 6.15 Å². The quantitative estimate of drug-likeness (QED) is 0.499. The van der Waals surface area contributed by atoms with E-state index in [2.05, 4.69) is 11.2 Å². The third kappa shape index (κ3) is 274. The minimum Gasteiger partial charge on any atom is -0.780 e. The molecule has 0 aliphatic rings. The van der Waals surface area contributed by atoms with Crippen LogP contribution in [-0.2, 0) is 36.7 Å². The Morgan fingerprint density at radius 1 is 1.43 bits per heavy atom. The van der Waals surface area contributed by atoms with Gasteiger partial charge in [-0.15, -0.1) is 9.05 Å². The van der Waals surface area contributed by atoms with Gasteiger partial charge in [-0.05, 0) is 11.2 Å². The second-order valence-electron chi connectivity index (χ2n) is 0.408. The molecular formula is H3NNiO3S2. The van der Waals surface area contributed by atoms with Crippen LogP contribution >= 0.6 is 0 Å². The Labute approximate surface area is 56.5 Å². The van der Waals surface area contributed by atoms with Gasteiger partial charge in [-0.2, -0.15) is 0 Å². The van der Waals surface area contributed by atoms with Crippen LogP contribution in [0.1, 0.15) is 0 Å². The first kappa shape index (κ1) is 15.6. The molecule has 0 radical (unpaired) electrons. The molecule has 0 heterocycles. The molecule has 0 saturated carbocycles. The molecule has 0 spiro atoms. The van der Waals surface area contributed by atoms with E-state index in [1.54, 1.807) is 0 Å². The van der Waals surface area contributed by atoms with Gasteiger partial charge in [0.25, 0.3) is 0 Å². The van der Waals surface area contributed by atoms with Crippen molar-refractivity contribution >= 4 is 20.2 Å². The van der Waals surface area contributed by atoms with E-state index < -0.39 is 9.05 Å². The molecule has 4 nitrogen and oxygen atoms in total. The van der Waals surface area contributed by atoms with Crippen molar-refractivity contribution in [3.8, 4) is 0 Å². The van der Waals surface area contributed by atoms with Crippen molar-refractivity contribution in [3.63, 3.8) is 0 Å². The average molecular weight is 188 g/mol. The van der Waals surface area contributed by atoms with Crippen molar-refractivity contribution < 1.29 is 29.8 Å². The maximum Gasteiger partial charge on any atom is 2.00 e. The molecule has 0 rings (SSSR count). The summed E-state index contributed by atoms with van der Waals surface area (Å²) in [5.41, 5.74) is 0. The van der Waals surface area contributed by atoms with Crippen molar-refractivity contribution in [2.24, 2.45) is 0 Å². The Balaban J connectivity index is -0.0000000800. The Kier molecular flexibility index (Phi) is 10.9. The van der Waals surface area contributed by atoms with Crippen LogP contribution in [0, 0.1) is 0 Å². The smallest absolute Gasteiger partial charge is 0.780 e. The molecule has 0 amide bonds. The SMILES string of the molecule is N.O=S([O-])([O-])=S.[Ni+2]. The normalized spacial score (nSPS) is 8.29. The fraction of sp³-hybridized carbons (Fsp3) is 0. The van der Waals surface area contributed by atoms with Gasteiger partial charge in [-0.1, -0.05) is 0 Å². The predicted molar refractivity (Wildman–Crippen MR) is 22.1 cm³/mol. The molecule has 0 aromatic carbocycles. The number of hydrogen-bond acceptors (Lipinski definition) is 5. The summed E-state index contributed by atoms with van der Waals surface area (Å²) < 4.78 is 26.7. The third-order valence-electron chi connectivity index (χ3n) is 0. The minimum atomic E-state index is -4.33. The second kappa shape index (κ2) is 4.89. The predicted octanol–water partition coefficient (Wildman–Crippen LogP) is -0.847. The molecule has 0 aliphatic heterocycles. The fourth-order valence-corrected chi connectivity index (χ4v) is 0. The van der Waals surface area contributed by atoms with Gasteiger partial charge in [0.2, 0.25) is 0 Å². The van der Waals surface area contributed by atoms with Crippen molar-refractivity contribution in [1.29, 1.82) is 0 Å². The van der Waals surface area contributed by atoms with Crippen molar-refractivity contribution in [2.45, 2.75) is 0 Å². The van der Waals surface area contributed by atoms with Crippen molar-refractivity contribution in [3.05, 3.63) is 0 Å². The van der Waals surface area contributed by atoms with Gasteiger partial charge in [0.05, 0.1) is 0 Å². The molecular weight excluding hydrogens is 185 g/mol. The third-order valence-corrected chi connectivity index (χ3v) is 0. The summed E-state index contributed by atoms with van der Waals surface area (Å²) in [7, 11) is -4.33. The average Bonchev–Trinajstić information content (AvgIpc) is 0.722. The number of hydrogen-bond donors (Lipinski definition) is 1. The topological polar surface area (TPSA) is 98.2 Å². The molecule has 48 valence electrons. The standard InChI is InChI=1S/H3N.Ni.H2O3S2/c;;1-5(2,3)4/h1H3;;(H2,1,2,3,4)/q;+2;/p-2. The summed E-state index contributed by atoms with van der Waals surface area (Å²) in [5, 5.41) is 0. The van der Waals surface area contributed by atoms with Gasteiger partial charge in [-0.25, -0.2) is 0 Å². The van der Waals surface area contributed by atoms with E-state index in [1.165, 1.54) is 0 Å². The van der Waals surface area contributed by atoms with Crippen LogP contribution in [0.4, 0.5) is 0 Å². The summed E-state index contributed by atoms with van der Waals surface area (Å²) in [6.45, 7) is 0. The molecule has 7 heteroatoms. The van der Waals surface area contributed by atoms with Crippen LogP contribution in [0.25, 0.3) is 0 Å². The van der Waals surface area contributed by atoms with Gasteiger partial charge in [0.1, 0.15) is 0 Å². The molecule has 0 atom stereocenters. The Morgan fingerprint density at radius 3 is 1.43 bits per heavy atom. The Morgan fingerprint density at radius 2 is 1.43 bits per heavy atom. The van der Waals surface area contributed by atoms with Crippen LogP contribution in [0.5, 0.6) is 0 Å². The molecule has 0 bridgehead atoms. The van der Waals surface area contributed by atoms with E-state index in [9.17, 15) is 0 Å². The van der Waals surface area contributed by atoms with E-state index in [0.717, 1.165) is 0 Å². The molecule has 7 heavy (non-hydrogen) atoms. The van der Waals surface area contributed by atoms with Gasteiger partial charge in [-0.3, -0.25) is 4.21 Å². The van der Waals surface area contributed by atoms with E-state index in [1.807, 2.05) is 0 Å². The first-order valence-electron chi connectivity index (χ1n) is 0.667. The van der Waals surface area contributed by atoms with E-state index in [4.69, 9.17) is 13.3 Å². The molecule has 0 aromatic rings. The zero-order valence-corrected chi connectivity index (χ0v) is 5.69. The van der Waals surface area contributed by atoms with Gasteiger partial charge < -0.3 is 15.3 Å². The summed E-state index contributed by atoms with van der Waals surface area (Å²) >= 11 is 3.24. The van der Waals surface area contributed by atoms with Crippen LogP contribution in [0.3, 0.4) is 0 Å². The van der Waals surface area contributed by atoms with E-state index in [-0.39, 0.29) is 22.6 Å². The molecule has 3 N–H and O–H groups in total. The fourth-order valence-electron chi connectivity index (χ4n) is 0. The summed E-state index contributed by atoms with van der Waals surface area (Å²) in [5.74, 6) is 0. The molecule has 0 saturated heterocycles. The van der Waals surface area contributed by atoms with Gasteiger partial charge >= 0.3 is 16.5 Å². The summed E-state index contributed by atoms with van der Waals surface area (Å²) in [6.07, 6.45) is 0. The zero-order chi connectivity index (χ0) is 4.50. The van der Waals surface area contributed by atoms with Crippen LogP contribution in [-0.4, -0.2) is 13.3 Å². The minimum absolute atomic E-state index is 0. The Bertz CT molecular complexity index is 96.1. The number of rotatable bonds is 0. The molecule has 0 aromatic heterocycles. The van der Waals surface area contributed by atoms with Crippen molar-refractivity contribution in [2.75, 3.05) is 0 Å². The Hall–Kier alpha value is 0.744. The van der Waals surface area contributed by atoms with Crippen LogP contribution < -0.4 is 6.15 Å². The summed E-state index contributed by atoms with van der Waals surface area (Å²) in [6, 6.07) is 0. The molecule has 0 fully saturated rings. The van der Waals surface area contributed by atoms with E-state index >= 15 is 0 Å². The monoisotopic (exact) mass is 187 g/mol. The maximum atomic E-state index is 8.89.